The number of carbonyl (C=O) groups is 1. The van der Waals surface area contributed by atoms with E-state index in [1.807, 2.05) is 0 Å². The van der Waals surface area contributed by atoms with Gasteiger partial charge < -0.3 is 15.0 Å². The van der Waals surface area contributed by atoms with Gasteiger partial charge in [0.15, 0.2) is 0 Å². The Kier molecular flexibility index (Phi) is 6.90. The molecule has 0 bridgehead atoms. The van der Waals surface area contributed by atoms with Crippen LogP contribution in [0.3, 0.4) is 0 Å². The van der Waals surface area contributed by atoms with Crippen molar-refractivity contribution in [2.75, 3.05) is 14.1 Å². The van der Waals surface area contributed by atoms with Crippen LogP contribution in [0.5, 0.6) is 0 Å². The highest BCUT2D eigenvalue weighted by Crippen LogP contribution is 2.29. The molecule has 4 rings (SSSR count). The molecule has 190 valence electrons. The quantitative estimate of drug-likeness (QED) is 0.123. The maximum Gasteiger partial charge on any atom is 0.283 e. The fraction of sp³-hybridized carbons (Fsp3) is 0.115. The number of hydrogen-bond acceptors (Lipinski definition) is 5. The minimum Gasteiger partial charge on any atom is -0.506 e. The second-order valence-electron chi connectivity index (χ2n) is 8.35. The molecule has 0 saturated carbocycles. The van der Waals surface area contributed by atoms with E-state index in [1.165, 1.54) is 30.0 Å². The Morgan fingerprint density at radius 3 is 2.30 bits per heavy atom. The number of Topliss-reactive ketones (excluding diaryl/α,β-unsaturated/α-hetero) is 1. The van der Waals surface area contributed by atoms with E-state index < -0.39 is 38.8 Å². The summed E-state index contributed by atoms with van der Waals surface area (Å²) in [6, 6.07) is 14.3. The zero-order valence-corrected chi connectivity index (χ0v) is 20.8. The van der Waals surface area contributed by atoms with E-state index in [-0.39, 0.29) is 27.7 Å². The predicted octanol–water partition coefficient (Wildman–Crippen LogP) is 4.82. The number of rotatable bonds is 6. The lowest BCUT2D eigenvalue weighted by atomic mass is 9.98. The summed E-state index contributed by atoms with van der Waals surface area (Å²) in [6.07, 6.45) is 0. The fourth-order valence-corrected chi connectivity index (χ4v) is 4.63. The summed E-state index contributed by atoms with van der Waals surface area (Å²) in [6.45, 7) is 1.52. The van der Waals surface area contributed by atoms with Crippen molar-refractivity contribution in [3.05, 3.63) is 95.3 Å². The zero-order valence-electron chi connectivity index (χ0n) is 20.0. The summed E-state index contributed by atoms with van der Waals surface area (Å²) in [5.74, 6) is -3.32. The molecule has 4 aromatic rings. The number of aromatic amines is 1. The molecule has 2 N–H and O–H groups in total. The van der Waals surface area contributed by atoms with Gasteiger partial charge in [0.05, 0.1) is 15.9 Å². The summed E-state index contributed by atoms with van der Waals surface area (Å²) in [5.41, 5.74) is 0.217. The number of halogens is 2. The summed E-state index contributed by atoms with van der Waals surface area (Å²) in [5, 5.41) is 11.1. The van der Waals surface area contributed by atoms with Crippen LogP contribution in [0.2, 0.25) is 0 Å². The third-order valence-electron chi connectivity index (χ3n) is 5.52. The van der Waals surface area contributed by atoms with Gasteiger partial charge in [-0.25, -0.2) is 13.8 Å². The topological polar surface area (TPSA) is 116 Å². The average Bonchev–Trinajstić information content (AvgIpc) is 3.26. The molecule has 0 fully saturated rings. The first-order valence-corrected chi connectivity index (χ1v) is 12.4. The number of nitrogens with one attached hydrogen (secondary N) is 1. The molecule has 0 radical (unpaired) electrons. The highest BCUT2D eigenvalue weighted by Gasteiger charge is 2.26. The second-order valence-corrected chi connectivity index (χ2v) is 9.95. The number of aliphatic hydroxyl groups is 1. The van der Waals surface area contributed by atoms with Crippen molar-refractivity contribution in [1.82, 2.24) is 14.9 Å². The van der Waals surface area contributed by atoms with Crippen LogP contribution in [0.4, 0.5) is 8.78 Å². The lowest BCUT2D eigenvalue weighted by Crippen LogP contribution is -2.20. The highest BCUT2D eigenvalue weighted by atomic mass is 32.2. The number of allylic oxidation sites excluding steroid dienone is 1. The molecular weight excluding hydrogens is 502 g/mol. The average molecular weight is 525 g/mol. The molecule has 0 amide bonds. The van der Waals surface area contributed by atoms with Crippen molar-refractivity contribution in [3.63, 3.8) is 0 Å². The third-order valence-corrected chi connectivity index (χ3v) is 6.87. The number of nitrogens with zero attached hydrogens (tertiary/aromatic N) is 3. The number of sulfonamides is 1. The minimum absolute atomic E-state index is 0.0666. The Hall–Kier alpha value is -4.38. The van der Waals surface area contributed by atoms with Gasteiger partial charge in [-0.1, -0.05) is 24.3 Å². The number of hydrogen-bond donors (Lipinski definition) is 2. The van der Waals surface area contributed by atoms with Gasteiger partial charge in [-0.3, -0.25) is 4.79 Å². The van der Waals surface area contributed by atoms with Crippen molar-refractivity contribution >= 4 is 44.0 Å². The third kappa shape index (κ3) is 5.41. The van der Waals surface area contributed by atoms with E-state index >= 15 is 0 Å². The molecule has 0 aliphatic carbocycles. The molecule has 37 heavy (non-hydrogen) atoms. The fourth-order valence-electron chi connectivity index (χ4n) is 3.48. The number of amidine groups is 1. The van der Waals surface area contributed by atoms with Gasteiger partial charge in [0, 0.05) is 31.3 Å². The van der Waals surface area contributed by atoms with Gasteiger partial charge in [0.1, 0.15) is 34.6 Å². The molecule has 0 unspecified atom stereocenters. The van der Waals surface area contributed by atoms with Gasteiger partial charge in [-0.15, -0.1) is 4.40 Å². The molecule has 0 spiro atoms. The van der Waals surface area contributed by atoms with Crippen molar-refractivity contribution in [3.8, 4) is 0 Å². The van der Waals surface area contributed by atoms with E-state index in [0.29, 0.717) is 17.1 Å². The molecular formula is C26H22F2N4O4S. The molecule has 11 heteroatoms. The summed E-state index contributed by atoms with van der Waals surface area (Å²) < 4.78 is 57.2. The van der Waals surface area contributed by atoms with E-state index in [0.717, 1.165) is 18.2 Å². The molecule has 8 nitrogen and oxygen atoms in total. The van der Waals surface area contributed by atoms with E-state index in [4.69, 9.17) is 0 Å². The largest absolute Gasteiger partial charge is 0.506 e. The standard InChI is InChI=1S/C26H22F2N4O4S/c1-15(32(2)3)31-37(35,36)20-8-6-7-16(13-20)24(33)23(25(34)17-11-18(27)14-19(28)12-17)26-29-21-9-4-5-10-22(21)30-26/h4-14,34H,1-3H3,(H,29,30). The van der Waals surface area contributed by atoms with Crippen molar-refractivity contribution < 1.29 is 27.1 Å². The van der Waals surface area contributed by atoms with Crippen molar-refractivity contribution in [1.29, 1.82) is 0 Å². The smallest absolute Gasteiger partial charge is 0.283 e. The Bertz CT molecular complexity index is 1640. The van der Waals surface area contributed by atoms with Crippen LogP contribution >= 0.6 is 0 Å². The van der Waals surface area contributed by atoms with Crippen LogP contribution in [0.25, 0.3) is 22.4 Å². The molecule has 0 saturated heterocycles. The number of para-hydroxylation sites is 2. The molecule has 1 aromatic heterocycles. The first kappa shape index (κ1) is 25.7. The predicted molar refractivity (Wildman–Crippen MR) is 137 cm³/mol. The Morgan fingerprint density at radius 1 is 0.973 bits per heavy atom. The van der Waals surface area contributed by atoms with Crippen LogP contribution in [-0.4, -0.2) is 54.1 Å². The highest BCUT2D eigenvalue weighted by molar-refractivity contribution is 7.90. The number of fused-ring (bicyclic) bond motifs is 1. The Labute approximate surface area is 211 Å². The lowest BCUT2D eigenvalue weighted by Gasteiger charge is -2.12. The maximum atomic E-state index is 13.9. The number of aliphatic hydroxyl groups excluding tert-OH is 1. The number of aromatic nitrogens is 2. The summed E-state index contributed by atoms with van der Waals surface area (Å²) >= 11 is 0. The van der Waals surface area contributed by atoms with Gasteiger partial charge in [-0.05, 0) is 43.3 Å². The number of benzene rings is 3. The van der Waals surface area contributed by atoms with Crippen LogP contribution in [0.15, 0.2) is 76.0 Å². The van der Waals surface area contributed by atoms with Gasteiger partial charge in [0.2, 0.25) is 5.78 Å². The molecule has 3 aromatic carbocycles. The number of ketones is 1. The number of carbonyl (C=O) groups excluding carboxylic acids is 1. The van der Waals surface area contributed by atoms with Crippen LogP contribution in [-0.2, 0) is 10.0 Å². The van der Waals surface area contributed by atoms with Crippen LogP contribution in [0.1, 0.15) is 28.7 Å². The Balaban J connectivity index is 1.90. The molecule has 1 heterocycles. The number of imidazole rings is 1. The molecule has 0 atom stereocenters. The second kappa shape index (κ2) is 9.94. The normalized spacial score (nSPS) is 12.9. The monoisotopic (exact) mass is 524 g/mol. The lowest BCUT2D eigenvalue weighted by molar-refractivity contribution is 0.105. The van der Waals surface area contributed by atoms with Crippen molar-refractivity contribution in [2.45, 2.75) is 11.8 Å². The zero-order chi connectivity index (χ0) is 26.9. The van der Waals surface area contributed by atoms with E-state index in [2.05, 4.69) is 14.4 Å². The number of H-pyrrole nitrogens is 1. The first-order chi connectivity index (χ1) is 17.5. The summed E-state index contributed by atoms with van der Waals surface area (Å²) in [4.78, 5) is 22.3. The Morgan fingerprint density at radius 2 is 1.65 bits per heavy atom. The van der Waals surface area contributed by atoms with Crippen molar-refractivity contribution in [2.24, 2.45) is 4.40 Å². The van der Waals surface area contributed by atoms with Crippen LogP contribution in [0, 0.1) is 11.6 Å². The van der Waals surface area contributed by atoms with E-state index in [9.17, 15) is 27.1 Å². The maximum absolute atomic E-state index is 13.9. The van der Waals surface area contributed by atoms with Gasteiger partial charge >= 0.3 is 0 Å². The van der Waals surface area contributed by atoms with Gasteiger partial charge in [-0.2, -0.15) is 8.42 Å². The van der Waals surface area contributed by atoms with E-state index in [1.54, 1.807) is 38.4 Å². The molecule has 0 aliphatic rings. The first-order valence-electron chi connectivity index (χ1n) is 10.9. The van der Waals surface area contributed by atoms with Crippen LogP contribution < -0.4 is 0 Å². The SMILES string of the molecule is CC(=NS(=O)(=O)c1cccc(C(=O)C(=C(O)c2cc(F)cc(F)c2)c2nc3ccccc3[nH]2)c1)N(C)C. The van der Waals surface area contributed by atoms with Gasteiger partial charge in [0.25, 0.3) is 10.0 Å². The minimum atomic E-state index is -4.16. The summed E-state index contributed by atoms with van der Waals surface area (Å²) in [7, 11) is -0.891. The molecule has 0 aliphatic heterocycles.